The van der Waals surface area contributed by atoms with E-state index < -0.39 is 17.2 Å². The molecule has 0 aliphatic rings. The average Bonchev–Trinajstić information content (AvgIpc) is 3.52. The molecule has 11 heteroatoms. The van der Waals surface area contributed by atoms with Crippen molar-refractivity contribution in [3.05, 3.63) is 74.1 Å². The molecule has 0 saturated heterocycles. The molecule has 0 aliphatic heterocycles. The van der Waals surface area contributed by atoms with Crippen molar-refractivity contribution in [3.63, 3.8) is 0 Å². The number of nitrogens with zero attached hydrogens (tertiary/aromatic N) is 6. The summed E-state index contributed by atoms with van der Waals surface area (Å²) in [5.74, 6) is -0.442. The highest BCUT2D eigenvalue weighted by atomic mass is 32.1. The summed E-state index contributed by atoms with van der Waals surface area (Å²) in [6.45, 7) is 2.12. The number of ether oxygens (including phenoxy) is 1. The normalized spacial score (nSPS) is 11.5. The number of para-hydroxylation sites is 1. The van der Waals surface area contributed by atoms with E-state index in [1.54, 1.807) is 24.7 Å². The molecule has 0 unspecified atom stereocenters. The highest BCUT2D eigenvalue weighted by Gasteiger charge is 2.19. The van der Waals surface area contributed by atoms with Crippen molar-refractivity contribution in [1.82, 2.24) is 28.5 Å². The summed E-state index contributed by atoms with van der Waals surface area (Å²) in [6, 6.07) is 11.5. The summed E-state index contributed by atoms with van der Waals surface area (Å²) in [4.78, 5) is 43.5. The van der Waals surface area contributed by atoms with E-state index in [9.17, 15) is 14.4 Å². The minimum Gasteiger partial charge on any atom is -0.461 e. The van der Waals surface area contributed by atoms with E-state index >= 15 is 0 Å². The molecule has 174 valence electrons. The van der Waals surface area contributed by atoms with Gasteiger partial charge in [-0.3, -0.25) is 13.9 Å². The predicted octanol–water partition coefficient (Wildman–Crippen LogP) is 2.39. The van der Waals surface area contributed by atoms with Crippen molar-refractivity contribution < 1.29 is 9.53 Å². The second-order valence-corrected chi connectivity index (χ2v) is 9.01. The molecule has 0 bridgehead atoms. The van der Waals surface area contributed by atoms with Crippen LogP contribution < -0.4 is 11.2 Å². The van der Waals surface area contributed by atoms with E-state index in [0.29, 0.717) is 22.5 Å². The van der Waals surface area contributed by atoms with Gasteiger partial charge in [0.1, 0.15) is 9.71 Å². The van der Waals surface area contributed by atoms with Gasteiger partial charge in [-0.15, -0.1) is 11.3 Å². The van der Waals surface area contributed by atoms with E-state index in [1.807, 2.05) is 41.9 Å². The zero-order chi connectivity index (χ0) is 24.0. The van der Waals surface area contributed by atoms with Crippen molar-refractivity contribution in [2.75, 3.05) is 6.61 Å². The molecule has 0 N–H and O–H groups in total. The van der Waals surface area contributed by atoms with Crippen LogP contribution in [-0.2, 0) is 25.4 Å². The number of esters is 1. The minimum absolute atomic E-state index is 0.0793. The standard InChI is InChI=1S/C23H22N6O4S/c1-14-16-12-17(34-21(16)29(25-14)15-8-5-4-6-9-15)22(31)33-11-7-10-28-20(30)18-19(24-13-26(18)2)27(3)23(28)32/h4-6,8-9,12-13H,7,10-11H2,1-3H3. The molecular formula is C23H22N6O4S. The number of fused-ring (bicyclic) bond motifs is 2. The van der Waals surface area contributed by atoms with Crippen molar-refractivity contribution in [2.24, 2.45) is 14.1 Å². The van der Waals surface area contributed by atoms with E-state index in [0.717, 1.165) is 26.2 Å². The third-order valence-corrected chi connectivity index (χ3v) is 6.80. The van der Waals surface area contributed by atoms with Gasteiger partial charge < -0.3 is 9.30 Å². The first-order chi connectivity index (χ1) is 16.4. The van der Waals surface area contributed by atoms with Gasteiger partial charge in [-0.05, 0) is 31.5 Å². The fraction of sp³-hybridized carbons (Fsp3) is 0.261. The lowest BCUT2D eigenvalue weighted by Crippen LogP contribution is -2.39. The maximum atomic E-state index is 12.8. The number of aryl methyl sites for hydroxylation is 3. The number of thiophene rings is 1. The summed E-state index contributed by atoms with van der Waals surface area (Å²) in [5, 5.41) is 5.48. The second-order valence-electron chi connectivity index (χ2n) is 7.98. The van der Waals surface area contributed by atoms with Gasteiger partial charge in [0, 0.05) is 26.0 Å². The van der Waals surface area contributed by atoms with Crippen LogP contribution >= 0.6 is 11.3 Å². The monoisotopic (exact) mass is 478 g/mol. The van der Waals surface area contributed by atoms with Crippen molar-refractivity contribution >= 4 is 38.7 Å². The minimum atomic E-state index is -0.451. The molecule has 0 radical (unpaired) electrons. The molecule has 0 fully saturated rings. The Balaban J connectivity index is 1.30. The second kappa shape index (κ2) is 8.41. The van der Waals surface area contributed by atoms with Gasteiger partial charge in [0.15, 0.2) is 11.2 Å². The third kappa shape index (κ3) is 3.54. The highest BCUT2D eigenvalue weighted by Crippen LogP contribution is 2.30. The van der Waals surface area contributed by atoms with Crippen LogP contribution in [0.5, 0.6) is 0 Å². The zero-order valence-electron chi connectivity index (χ0n) is 18.9. The van der Waals surface area contributed by atoms with Gasteiger partial charge in [-0.25, -0.2) is 19.3 Å². The van der Waals surface area contributed by atoms with Crippen molar-refractivity contribution in [1.29, 1.82) is 0 Å². The van der Waals surface area contributed by atoms with Gasteiger partial charge in [-0.1, -0.05) is 18.2 Å². The number of hydrogen-bond acceptors (Lipinski definition) is 7. The Morgan fingerprint density at radius 2 is 1.91 bits per heavy atom. The predicted molar refractivity (Wildman–Crippen MR) is 129 cm³/mol. The Bertz CT molecular complexity index is 1650. The fourth-order valence-corrected chi connectivity index (χ4v) is 5.02. The first-order valence-corrected chi connectivity index (χ1v) is 11.5. The molecule has 0 aliphatic carbocycles. The average molecular weight is 479 g/mol. The summed E-state index contributed by atoms with van der Waals surface area (Å²) < 4.78 is 11.3. The Kier molecular flexibility index (Phi) is 5.40. The Morgan fingerprint density at radius 1 is 1.15 bits per heavy atom. The molecule has 0 atom stereocenters. The Hall–Kier alpha value is -3.99. The van der Waals surface area contributed by atoms with Crippen LogP contribution in [0.3, 0.4) is 0 Å². The van der Waals surface area contributed by atoms with Crippen LogP contribution in [-0.4, -0.2) is 41.0 Å². The van der Waals surface area contributed by atoms with Crippen LogP contribution in [0.25, 0.3) is 27.1 Å². The van der Waals surface area contributed by atoms with Crippen molar-refractivity contribution in [2.45, 2.75) is 19.9 Å². The topological polar surface area (TPSA) is 106 Å². The molecule has 5 aromatic rings. The van der Waals surface area contributed by atoms with Gasteiger partial charge in [-0.2, -0.15) is 5.10 Å². The molecule has 0 saturated carbocycles. The molecule has 4 aromatic heterocycles. The SMILES string of the molecule is Cc1nn(-c2ccccc2)c2sc(C(=O)OCCCn3c(=O)c4c(ncn4C)n(C)c3=O)cc12. The maximum absolute atomic E-state index is 12.8. The van der Waals surface area contributed by atoms with E-state index in [-0.39, 0.29) is 13.2 Å². The Morgan fingerprint density at radius 3 is 2.68 bits per heavy atom. The van der Waals surface area contributed by atoms with Gasteiger partial charge in [0.25, 0.3) is 5.56 Å². The zero-order valence-corrected chi connectivity index (χ0v) is 19.7. The maximum Gasteiger partial charge on any atom is 0.348 e. The first-order valence-electron chi connectivity index (χ1n) is 10.7. The van der Waals surface area contributed by atoms with Crippen molar-refractivity contribution in [3.8, 4) is 5.69 Å². The molecular weight excluding hydrogens is 456 g/mol. The molecule has 34 heavy (non-hydrogen) atoms. The van der Waals surface area contributed by atoms with E-state index in [2.05, 4.69) is 10.1 Å². The van der Waals surface area contributed by atoms with E-state index in [4.69, 9.17) is 4.74 Å². The summed E-state index contributed by atoms with van der Waals surface area (Å²) >= 11 is 1.32. The molecule has 4 heterocycles. The largest absolute Gasteiger partial charge is 0.461 e. The highest BCUT2D eigenvalue weighted by molar-refractivity contribution is 7.20. The number of carbonyl (C=O) groups excluding carboxylic acids is 1. The number of carbonyl (C=O) groups is 1. The lowest BCUT2D eigenvalue weighted by atomic mass is 10.3. The number of benzene rings is 1. The molecule has 0 spiro atoms. The summed E-state index contributed by atoms with van der Waals surface area (Å²) in [6.07, 6.45) is 1.83. The smallest absolute Gasteiger partial charge is 0.348 e. The number of hydrogen-bond donors (Lipinski definition) is 0. The van der Waals surface area contributed by atoms with Crippen LogP contribution in [0.1, 0.15) is 21.8 Å². The van der Waals surface area contributed by atoms with Gasteiger partial charge in [0.2, 0.25) is 0 Å². The van der Waals surface area contributed by atoms with Crippen LogP contribution in [0.4, 0.5) is 0 Å². The van der Waals surface area contributed by atoms with Crippen LogP contribution in [0.15, 0.2) is 52.3 Å². The molecule has 0 amide bonds. The summed E-state index contributed by atoms with van der Waals surface area (Å²) in [7, 11) is 3.28. The number of imidazole rings is 1. The lowest BCUT2D eigenvalue weighted by Gasteiger charge is -2.09. The lowest BCUT2D eigenvalue weighted by molar-refractivity contribution is 0.0501. The number of aromatic nitrogens is 6. The van der Waals surface area contributed by atoms with E-state index in [1.165, 1.54) is 22.2 Å². The number of rotatable bonds is 6. The van der Waals surface area contributed by atoms with Gasteiger partial charge in [0.05, 0.1) is 24.3 Å². The first kappa shape index (κ1) is 21.8. The summed E-state index contributed by atoms with van der Waals surface area (Å²) in [5.41, 5.74) is 1.58. The molecule has 1 aromatic carbocycles. The van der Waals surface area contributed by atoms with Crippen LogP contribution in [0.2, 0.25) is 0 Å². The quantitative estimate of drug-likeness (QED) is 0.274. The Labute approximate surface area is 197 Å². The van der Waals surface area contributed by atoms with Crippen LogP contribution in [0, 0.1) is 6.92 Å². The fourth-order valence-electron chi connectivity index (χ4n) is 3.94. The molecule has 5 rings (SSSR count). The third-order valence-electron chi connectivity index (χ3n) is 5.71. The molecule has 10 nitrogen and oxygen atoms in total. The van der Waals surface area contributed by atoms with Gasteiger partial charge >= 0.3 is 11.7 Å².